The van der Waals surface area contributed by atoms with Crippen molar-refractivity contribution >= 4 is 23.7 Å². The van der Waals surface area contributed by atoms with Crippen molar-refractivity contribution in [1.82, 2.24) is 0 Å². The topological polar surface area (TPSA) is 52.6 Å². The standard InChI is InChI=1S/C22H32O4S/c1-4-5-6-7-8-12-15-19-18(16-20(23)25-3)22(2,21(24)26-19)27-17-13-10-9-11-14-17/h9-11,13-14,18-19H,4-8,12,15-16H2,1-3H3/t18-,19-,22-/m0/s1. The molecule has 3 atom stereocenters. The first kappa shape index (κ1) is 21.8. The van der Waals surface area contributed by atoms with Gasteiger partial charge in [-0.05, 0) is 31.9 Å². The SMILES string of the molecule is CCCCCCCC[C@@H]1OC(=O)[C@@](C)(Sc2ccccc2)[C@H]1CC(=O)OC. The molecule has 0 N–H and O–H groups in total. The summed E-state index contributed by atoms with van der Waals surface area (Å²) in [6.45, 7) is 4.11. The fraction of sp³-hybridized carbons (Fsp3) is 0.636. The van der Waals surface area contributed by atoms with Gasteiger partial charge >= 0.3 is 11.9 Å². The van der Waals surface area contributed by atoms with E-state index in [1.54, 1.807) is 0 Å². The maximum absolute atomic E-state index is 12.8. The number of benzene rings is 1. The molecule has 0 radical (unpaired) electrons. The highest BCUT2D eigenvalue weighted by molar-refractivity contribution is 8.01. The van der Waals surface area contributed by atoms with Gasteiger partial charge in [0.25, 0.3) is 0 Å². The molecule has 0 spiro atoms. The number of esters is 2. The molecule has 0 amide bonds. The number of thioether (sulfide) groups is 1. The van der Waals surface area contributed by atoms with Crippen molar-refractivity contribution in [3.63, 3.8) is 0 Å². The Morgan fingerprint density at radius 1 is 1.15 bits per heavy atom. The Morgan fingerprint density at radius 3 is 2.48 bits per heavy atom. The molecular formula is C22H32O4S. The first-order valence-corrected chi connectivity index (χ1v) is 10.8. The molecular weight excluding hydrogens is 360 g/mol. The van der Waals surface area contributed by atoms with Gasteiger partial charge in [0.05, 0.1) is 13.5 Å². The Morgan fingerprint density at radius 2 is 1.81 bits per heavy atom. The van der Waals surface area contributed by atoms with Gasteiger partial charge in [0.2, 0.25) is 0 Å². The summed E-state index contributed by atoms with van der Waals surface area (Å²) in [5.74, 6) is -0.689. The molecule has 1 heterocycles. The van der Waals surface area contributed by atoms with E-state index >= 15 is 0 Å². The fourth-order valence-electron chi connectivity index (χ4n) is 3.67. The van der Waals surface area contributed by atoms with Crippen LogP contribution < -0.4 is 0 Å². The maximum Gasteiger partial charge on any atom is 0.323 e. The zero-order valence-electron chi connectivity index (χ0n) is 16.7. The average molecular weight is 393 g/mol. The zero-order chi connectivity index (χ0) is 19.7. The van der Waals surface area contributed by atoms with Crippen molar-refractivity contribution < 1.29 is 19.1 Å². The molecule has 1 fully saturated rings. The second kappa shape index (κ2) is 10.7. The molecule has 0 aliphatic carbocycles. The predicted molar refractivity (Wildman–Crippen MR) is 109 cm³/mol. The Labute approximate surface area is 167 Å². The highest BCUT2D eigenvalue weighted by Crippen LogP contribution is 2.48. The lowest BCUT2D eigenvalue weighted by Crippen LogP contribution is -2.37. The number of ether oxygens (including phenoxy) is 2. The second-order valence-electron chi connectivity index (χ2n) is 7.41. The molecule has 1 saturated heterocycles. The van der Waals surface area contributed by atoms with E-state index in [4.69, 9.17) is 9.47 Å². The third-order valence-electron chi connectivity index (χ3n) is 5.35. The minimum absolute atomic E-state index is 0.182. The van der Waals surface area contributed by atoms with Crippen LogP contribution >= 0.6 is 11.8 Å². The van der Waals surface area contributed by atoms with Gasteiger partial charge < -0.3 is 9.47 Å². The number of hydrogen-bond donors (Lipinski definition) is 0. The van der Waals surface area contributed by atoms with E-state index in [0.29, 0.717) is 0 Å². The summed E-state index contributed by atoms with van der Waals surface area (Å²) in [6, 6.07) is 9.83. The normalized spacial score (nSPS) is 24.6. The largest absolute Gasteiger partial charge is 0.469 e. The Hall–Kier alpha value is -1.49. The molecule has 1 aromatic rings. The van der Waals surface area contributed by atoms with Crippen molar-refractivity contribution in [2.24, 2.45) is 5.92 Å². The second-order valence-corrected chi connectivity index (χ2v) is 8.93. The molecule has 0 bridgehead atoms. The molecule has 0 saturated carbocycles. The molecule has 150 valence electrons. The van der Waals surface area contributed by atoms with Crippen LogP contribution in [0.1, 0.15) is 65.2 Å². The minimum atomic E-state index is -0.775. The van der Waals surface area contributed by atoms with Crippen molar-refractivity contribution in [3.8, 4) is 0 Å². The third-order valence-corrected chi connectivity index (χ3v) is 6.75. The summed E-state index contributed by atoms with van der Waals surface area (Å²) < 4.78 is 9.89. The van der Waals surface area contributed by atoms with Crippen LogP contribution in [-0.4, -0.2) is 29.9 Å². The molecule has 1 aliphatic rings. The molecule has 4 nitrogen and oxygen atoms in total. The van der Waals surface area contributed by atoms with Crippen molar-refractivity contribution in [2.75, 3.05) is 7.11 Å². The van der Waals surface area contributed by atoms with Crippen LogP contribution in [0.5, 0.6) is 0 Å². The van der Waals surface area contributed by atoms with E-state index in [1.807, 2.05) is 37.3 Å². The van der Waals surface area contributed by atoms with Gasteiger partial charge in [-0.15, -0.1) is 11.8 Å². The van der Waals surface area contributed by atoms with Crippen LogP contribution in [-0.2, 0) is 19.1 Å². The minimum Gasteiger partial charge on any atom is -0.469 e. The van der Waals surface area contributed by atoms with Crippen LogP contribution in [0.4, 0.5) is 0 Å². The smallest absolute Gasteiger partial charge is 0.323 e. The summed E-state index contributed by atoms with van der Waals surface area (Å²) in [5, 5.41) is 0. The van der Waals surface area contributed by atoms with Crippen LogP contribution in [0.3, 0.4) is 0 Å². The predicted octanol–water partition coefficient (Wildman–Crippen LogP) is 5.39. The number of carbonyl (C=O) groups excluding carboxylic acids is 2. The van der Waals surface area contributed by atoms with E-state index in [0.717, 1.165) is 24.2 Å². The van der Waals surface area contributed by atoms with Gasteiger partial charge in [-0.1, -0.05) is 57.2 Å². The van der Waals surface area contributed by atoms with Gasteiger partial charge in [0.1, 0.15) is 10.9 Å². The van der Waals surface area contributed by atoms with E-state index in [9.17, 15) is 9.59 Å². The number of carbonyl (C=O) groups is 2. The first-order valence-electron chi connectivity index (χ1n) is 10.0. The Balaban J connectivity index is 2.05. The quantitative estimate of drug-likeness (QED) is 0.373. The monoisotopic (exact) mass is 392 g/mol. The van der Waals surface area contributed by atoms with Crippen LogP contribution in [0, 0.1) is 5.92 Å². The molecule has 1 aromatic carbocycles. The molecule has 0 unspecified atom stereocenters. The van der Waals surface area contributed by atoms with E-state index in [-0.39, 0.29) is 30.4 Å². The lowest BCUT2D eigenvalue weighted by Gasteiger charge is -2.27. The molecule has 1 aliphatic heterocycles. The third kappa shape index (κ3) is 6.00. The number of hydrogen-bond acceptors (Lipinski definition) is 5. The first-order chi connectivity index (χ1) is 13.0. The van der Waals surface area contributed by atoms with Gasteiger partial charge in [-0.25, -0.2) is 0 Å². The van der Waals surface area contributed by atoms with Crippen molar-refractivity contribution in [2.45, 2.75) is 81.0 Å². The lowest BCUT2D eigenvalue weighted by molar-refractivity contribution is -0.144. The number of rotatable bonds is 11. The molecule has 0 aromatic heterocycles. The average Bonchev–Trinajstić information content (AvgIpc) is 2.89. The van der Waals surface area contributed by atoms with Gasteiger partial charge in [0, 0.05) is 10.8 Å². The summed E-state index contributed by atoms with van der Waals surface area (Å²) in [6.07, 6.45) is 7.94. The van der Waals surface area contributed by atoms with Crippen LogP contribution in [0.25, 0.3) is 0 Å². The van der Waals surface area contributed by atoms with Gasteiger partial charge in [-0.3, -0.25) is 9.59 Å². The number of cyclic esters (lactones) is 1. The van der Waals surface area contributed by atoms with Crippen molar-refractivity contribution in [1.29, 1.82) is 0 Å². The summed E-state index contributed by atoms with van der Waals surface area (Å²) in [7, 11) is 1.39. The highest BCUT2D eigenvalue weighted by Gasteiger charge is 2.55. The van der Waals surface area contributed by atoms with Crippen LogP contribution in [0.15, 0.2) is 35.2 Å². The number of methoxy groups -OCH3 is 1. The summed E-state index contributed by atoms with van der Waals surface area (Å²) >= 11 is 1.49. The van der Waals surface area contributed by atoms with Crippen LogP contribution in [0.2, 0.25) is 0 Å². The highest BCUT2D eigenvalue weighted by atomic mass is 32.2. The molecule has 27 heavy (non-hydrogen) atoms. The van der Waals surface area contributed by atoms with Gasteiger partial charge in [0.15, 0.2) is 0 Å². The lowest BCUT2D eigenvalue weighted by atomic mass is 9.85. The maximum atomic E-state index is 12.8. The van der Waals surface area contributed by atoms with E-state index < -0.39 is 4.75 Å². The number of unbranched alkanes of at least 4 members (excludes halogenated alkanes) is 5. The van der Waals surface area contributed by atoms with Crippen molar-refractivity contribution in [3.05, 3.63) is 30.3 Å². The van der Waals surface area contributed by atoms with E-state index in [1.165, 1.54) is 44.6 Å². The van der Waals surface area contributed by atoms with E-state index in [2.05, 4.69) is 6.92 Å². The zero-order valence-corrected chi connectivity index (χ0v) is 17.6. The summed E-state index contributed by atoms with van der Waals surface area (Å²) in [4.78, 5) is 25.8. The molecule has 2 rings (SSSR count). The summed E-state index contributed by atoms with van der Waals surface area (Å²) in [5.41, 5.74) is 0. The Bertz CT molecular complexity index is 604. The molecule has 5 heteroatoms. The Kier molecular flexibility index (Phi) is 8.68. The van der Waals surface area contributed by atoms with Gasteiger partial charge in [-0.2, -0.15) is 0 Å². The fourth-order valence-corrected chi connectivity index (χ4v) is 4.97.